The van der Waals surface area contributed by atoms with Crippen LogP contribution in [-0.4, -0.2) is 60.8 Å². The van der Waals surface area contributed by atoms with Gasteiger partial charge in [0.2, 0.25) is 0 Å². The summed E-state index contributed by atoms with van der Waals surface area (Å²) in [4.78, 5) is 2.00. The second-order valence-electron chi connectivity index (χ2n) is 4.41. The molecule has 0 aliphatic carbocycles. The van der Waals surface area contributed by atoms with E-state index in [4.69, 9.17) is 15.6 Å². The van der Waals surface area contributed by atoms with Crippen molar-refractivity contribution in [3.05, 3.63) is 0 Å². The van der Waals surface area contributed by atoms with Gasteiger partial charge in [0.15, 0.2) is 6.29 Å². The molecule has 106 valence electrons. The first kappa shape index (κ1) is 19.1. The quantitative estimate of drug-likeness (QED) is 0.570. The third kappa shape index (κ3) is 13.7. The Morgan fingerprint density at radius 3 is 1.94 bits per heavy atom. The van der Waals surface area contributed by atoms with Crippen LogP contribution in [0, 0.1) is 0 Å². The lowest BCUT2D eigenvalue weighted by molar-refractivity contribution is -0.0874. The molecule has 0 fully saturated rings. The largest absolute Gasteiger partial charge is 0.389 e. The number of likely N-dealkylation sites (N-methyl/N-ethyl adjacent to an activating group) is 1. The number of hydrogen-bond donors (Lipinski definition) is 3. The van der Waals surface area contributed by atoms with Gasteiger partial charge in [0.05, 0.1) is 12.2 Å². The Labute approximate surface area is 106 Å². The van der Waals surface area contributed by atoms with Gasteiger partial charge in [-0.3, -0.25) is 0 Å². The molecule has 0 amide bonds. The van der Waals surface area contributed by atoms with Gasteiger partial charge in [-0.25, -0.2) is 0 Å². The molecule has 1 unspecified atom stereocenters. The molecule has 5 nitrogen and oxygen atoms in total. The van der Waals surface area contributed by atoms with E-state index in [0.29, 0.717) is 13.2 Å². The average molecular weight is 250 g/mol. The van der Waals surface area contributed by atoms with Gasteiger partial charge >= 0.3 is 0 Å². The van der Waals surface area contributed by atoms with Crippen LogP contribution in [0.3, 0.4) is 0 Å². The summed E-state index contributed by atoms with van der Waals surface area (Å²) in [6, 6.07) is 0. The Balaban J connectivity index is 0. The highest BCUT2D eigenvalue weighted by Gasteiger charge is 2.18. The molecule has 0 rings (SSSR count). The van der Waals surface area contributed by atoms with Gasteiger partial charge in [0, 0.05) is 13.1 Å². The van der Waals surface area contributed by atoms with Gasteiger partial charge in [0.1, 0.15) is 0 Å². The molecule has 0 radical (unpaired) electrons. The predicted octanol–water partition coefficient (Wildman–Crippen LogP) is 0.399. The topological polar surface area (TPSA) is 79.0 Å². The average Bonchev–Trinajstić information content (AvgIpc) is 2.28. The molecule has 0 aliphatic rings. The highest BCUT2D eigenvalue weighted by molar-refractivity contribution is 4.74. The lowest BCUT2D eigenvalue weighted by Gasteiger charge is -2.21. The maximum Gasteiger partial charge on any atom is 0.151 e. The summed E-state index contributed by atoms with van der Waals surface area (Å²) in [5, 5.41) is 17.9. The van der Waals surface area contributed by atoms with Crippen LogP contribution in [-0.2, 0) is 4.74 Å². The number of aliphatic hydroxyl groups excluding tert-OH is 1. The number of hydrogen-bond acceptors (Lipinski definition) is 5. The molecule has 17 heavy (non-hydrogen) atoms. The zero-order valence-corrected chi connectivity index (χ0v) is 11.9. The van der Waals surface area contributed by atoms with E-state index in [-0.39, 0.29) is 0 Å². The minimum Gasteiger partial charge on any atom is -0.389 e. The number of ether oxygens (including phenoxy) is 1. The Hall–Kier alpha value is -0.200. The van der Waals surface area contributed by atoms with Gasteiger partial charge < -0.3 is 25.6 Å². The summed E-state index contributed by atoms with van der Waals surface area (Å²) in [6.45, 7) is 7.30. The fourth-order valence-corrected chi connectivity index (χ4v) is 0.945. The van der Waals surface area contributed by atoms with Crippen LogP contribution in [0.5, 0.6) is 0 Å². The molecule has 0 heterocycles. The standard InChI is InChI=1S/C6H15NO2.C6H15NO/c1-6(8)9-5-4-7(2)3;1-3-6(8,4-2)5-7/h6,8H,4-5H2,1-3H3;8H,3-5,7H2,1-2H3. The highest BCUT2D eigenvalue weighted by atomic mass is 16.6. The fraction of sp³-hybridized carbons (Fsp3) is 1.00. The molecule has 5 heteroatoms. The van der Waals surface area contributed by atoms with Crippen molar-refractivity contribution in [2.24, 2.45) is 5.73 Å². The van der Waals surface area contributed by atoms with Crippen LogP contribution in [0.25, 0.3) is 0 Å². The first-order chi connectivity index (χ1) is 7.81. The van der Waals surface area contributed by atoms with Gasteiger partial charge in [-0.15, -0.1) is 0 Å². The van der Waals surface area contributed by atoms with Crippen LogP contribution in [0.4, 0.5) is 0 Å². The van der Waals surface area contributed by atoms with Crippen LogP contribution < -0.4 is 5.73 Å². The third-order valence-electron chi connectivity index (χ3n) is 2.59. The van der Waals surface area contributed by atoms with E-state index in [1.807, 2.05) is 32.8 Å². The molecule has 0 aromatic carbocycles. The molecular formula is C12H30N2O3. The summed E-state index contributed by atoms with van der Waals surface area (Å²) in [7, 11) is 3.93. The number of aliphatic hydroxyl groups is 2. The maximum atomic E-state index is 9.31. The minimum absolute atomic E-state index is 0.375. The van der Waals surface area contributed by atoms with Crippen molar-refractivity contribution >= 4 is 0 Å². The molecule has 1 atom stereocenters. The van der Waals surface area contributed by atoms with E-state index in [9.17, 15) is 5.11 Å². The Bertz CT molecular complexity index is 144. The zero-order valence-electron chi connectivity index (χ0n) is 11.9. The number of nitrogens with two attached hydrogens (primary N) is 1. The zero-order chi connectivity index (χ0) is 13.9. The van der Waals surface area contributed by atoms with Gasteiger partial charge in [-0.2, -0.15) is 0 Å². The summed E-state index contributed by atoms with van der Waals surface area (Å²) in [6.07, 6.45) is 0.866. The Morgan fingerprint density at radius 1 is 1.29 bits per heavy atom. The highest BCUT2D eigenvalue weighted by Crippen LogP contribution is 2.10. The van der Waals surface area contributed by atoms with Gasteiger partial charge in [0.25, 0.3) is 0 Å². The summed E-state index contributed by atoms with van der Waals surface area (Å²) in [5.41, 5.74) is 4.68. The monoisotopic (exact) mass is 250 g/mol. The predicted molar refractivity (Wildman–Crippen MR) is 70.8 cm³/mol. The second kappa shape index (κ2) is 10.9. The van der Waals surface area contributed by atoms with Crippen molar-refractivity contribution in [1.82, 2.24) is 4.90 Å². The molecule has 0 spiro atoms. The molecule has 0 bridgehead atoms. The number of nitrogens with zero attached hydrogens (tertiary/aromatic N) is 1. The van der Waals surface area contributed by atoms with Gasteiger partial charge in [-0.05, 0) is 33.9 Å². The second-order valence-corrected chi connectivity index (χ2v) is 4.41. The van der Waals surface area contributed by atoms with E-state index in [2.05, 4.69) is 0 Å². The van der Waals surface area contributed by atoms with Crippen molar-refractivity contribution in [1.29, 1.82) is 0 Å². The lowest BCUT2D eigenvalue weighted by Crippen LogP contribution is -2.35. The molecule has 0 saturated carbocycles. The van der Waals surface area contributed by atoms with Crippen LogP contribution in [0.1, 0.15) is 33.6 Å². The number of rotatable bonds is 7. The fourth-order valence-electron chi connectivity index (χ4n) is 0.945. The smallest absolute Gasteiger partial charge is 0.151 e. The SMILES string of the molecule is CC(O)OCCN(C)C.CCC(O)(CC)CN. The van der Waals surface area contributed by atoms with Gasteiger partial charge in [-0.1, -0.05) is 13.8 Å². The Kier molecular flexibility index (Phi) is 12.3. The third-order valence-corrected chi connectivity index (χ3v) is 2.59. The Morgan fingerprint density at radius 2 is 1.76 bits per heavy atom. The molecule has 4 N–H and O–H groups in total. The van der Waals surface area contributed by atoms with Crippen molar-refractivity contribution < 1.29 is 14.9 Å². The van der Waals surface area contributed by atoms with Crippen LogP contribution in [0.15, 0.2) is 0 Å². The first-order valence-corrected chi connectivity index (χ1v) is 6.18. The first-order valence-electron chi connectivity index (χ1n) is 6.18. The molecular weight excluding hydrogens is 220 g/mol. The van der Waals surface area contributed by atoms with E-state index in [1.165, 1.54) is 0 Å². The van der Waals surface area contributed by atoms with E-state index in [0.717, 1.165) is 19.4 Å². The molecule has 0 saturated heterocycles. The van der Waals surface area contributed by atoms with Crippen molar-refractivity contribution in [3.63, 3.8) is 0 Å². The van der Waals surface area contributed by atoms with E-state index in [1.54, 1.807) is 6.92 Å². The minimum atomic E-state index is -0.634. The summed E-state index contributed by atoms with van der Waals surface area (Å²) < 4.78 is 4.87. The van der Waals surface area contributed by atoms with Crippen molar-refractivity contribution in [2.45, 2.75) is 45.5 Å². The summed E-state index contributed by atoms with van der Waals surface area (Å²) >= 11 is 0. The van der Waals surface area contributed by atoms with Crippen molar-refractivity contribution in [2.75, 3.05) is 33.8 Å². The van der Waals surface area contributed by atoms with Crippen molar-refractivity contribution in [3.8, 4) is 0 Å². The molecule has 0 aliphatic heterocycles. The summed E-state index contributed by atoms with van der Waals surface area (Å²) in [5.74, 6) is 0. The van der Waals surface area contributed by atoms with E-state index < -0.39 is 11.9 Å². The van der Waals surface area contributed by atoms with Crippen LogP contribution >= 0.6 is 0 Å². The maximum absolute atomic E-state index is 9.31. The molecule has 0 aromatic heterocycles. The van der Waals surface area contributed by atoms with Crippen LogP contribution in [0.2, 0.25) is 0 Å². The molecule has 0 aromatic rings. The lowest BCUT2D eigenvalue weighted by atomic mass is 9.98. The van der Waals surface area contributed by atoms with E-state index >= 15 is 0 Å². The normalized spacial score (nSPS) is 13.2.